The first kappa shape index (κ1) is 9.45. The average molecular weight is 260 g/mol. The van der Waals surface area contributed by atoms with E-state index in [9.17, 15) is 4.79 Å². The first-order chi connectivity index (χ1) is 6.65. The van der Waals surface area contributed by atoms with Crippen molar-refractivity contribution in [3.63, 3.8) is 0 Å². The minimum absolute atomic E-state index is 0.0573. The fourth-order valence-corrected chi connectivity index (χ4v) is 1.46. The predicted molar refractivity (Wildman–Crippen MR) is 53.3 cm³/mol. The van der Waals surface area contributed by atoms with E-state index >= 15 is 0 Å². The molecule has 1 aliphatic rings. The smallest absolute Gasteiger partial charge is 0.242 e. The molecule has 0 atom stereocenters. The van der Waals surface area contributed by atoms with Crippen LogP contribution in [-0.4, -0.2) is 26.7 Å². The van der Waals surface area contributed by atoms with Gasteiger partial charge in [-0.15, -0.1) is 5.10 Å². The van der Waals surface area contributed by atoms with Gasteiger partial charge in [0.05, 0.1) is 0 Å². The third-order valence-electron chi connectivity index (χ3n) is 1.88. The van der Waals surface area contributed by atoms with Crippen LogP contribution >= 0.6 is 15.9 Å². The number of nitrogen functional groups attached to an aromatic ring is 1. The molecule has 0 radical (unpaired) electrons. The van der Waals surface area contributed by atoms with Gasteiger partial charge in [0.1, 0.15) is 6.54 Å². The molecule has 76 valence electrons. The summed E-state index contributed by atoms with van der Waals surface area (Å²) in [6.45, 7) is 0.154. The largest absolute Gasteiger partial charge is 0.366 e. The lowest BCUT2D eigenvalue weighted by Gasteiger charge is -2.02. The molecule has 6 nitrogen and oxygen atoms in total. The first-order valence-electron chi connectivity index (χ1n) is 4.30. The van der Waals surface area contributed by atoms with Crippen LogP contribution in [0.2, 0.25) is 0 Å². The second-order valence-electron chi connectivity index (χ2n) is 3.24. The highest BCUT2D eigenvalue weighted by Crippen LogP contribution is 2.18. The van der Waals surface area contributed by atoms with Gasteiger partial charge < -0.3 is 11.1 Å². The van der Waals surface area contributed by atoms with Gasteiger partial charge in [-0.1, -0.05) is 0 Å². The molecule has 3 N–H and O–H groups in total. The van der Waals surface area contributed by atoms with Gasteiger partial charge in [-0.05, 0) is 28.8 Å². The van der Waals surface area contributed by atoms with Crippen molar-refractivity contribution in [2.75, 3.05) is 5.73 Å². The van der Waals surface area contributed by atoms with Crippen molar-refractivity contribution in [2.45, 2.75) is 25.4 Å². The zero-order valence-corrected chi connectivity index (χ0v) is 8.99. The van der Waals surface area contributed by atoms with Gasteiger partial charge in [0, 0.05) is 6.04 Å². The number of nitrogens with zero attached hydrogens (tertiary/aromatic N) is 3. The maximum Gasteiger partial charge on any atom is 0.242 e. The van der Waals surface area contributed by atoms with E-state index in [0.717, 1.165) is 12.8 Å². The Morgan fingerprint density at radius 3 is 2.93 bits per heavy atom. The highest BCUT2D eigenvalue weighted by atomic mass is 79.9. The number of halogens is 1. The molecule has 1 aromatic rings. The van der Waals surface area contributed by atoms with E-state index in [4.69, 9.17) is 5.73 Å². The lowest BCUT2D eigenvalue weighted by atomic mass is 10.5. The van der Waals surface area contributed by atoms with Crippen LogP contribution in [-0.2, 0) is 11.3 Å². The Hall–Kier alpha value is -1.11. The van der Waals surface area contributed by atoms with Gasteiger partial charge in [0.25, 0.3) is 0 Å². The van der Waals surface area contributed by atoms with Crippen LogP contribution in [0.5, 0.6) is 0 Å². The standard InChI is InChI=1S/C7H10BrN5O/c8-6-11-7(9)12-13(6)3-5(14)10-4-1-2-4/h4H,1-3H2,(H2,9,12)(H,10,14). The summed E-state index contributed by atoms with van der Waals surface area (Å²) in [5.74, 6) is 0.106. The molecule has 0 saturated heterocycles. The summed E-state index contributed by atoms with van der Waals surface area (Å²) in [5.41, 5.74) is 5.36. The number of amides is 1. The SMILES string of the molecule is Nc1nc(Br)n(CC(=O)NC2CC2)n1. The third-order valence-corrected chi connectivity index (χ3v) is 2.47. The van der Waals surface area contributed by atoms with Crippen molar-refractivity contribution in [3.8, 4) is 0 Å². The number of aromatic nitrogens is 3. The monoisotopic (exact) mass is 259 g/mol. The van der Waals surface area contributed by atoms with Crippen molar-refractivity contribution in [1.29, 1.82) is 0 Å². The molecule has 7 heteroatoms. The van der Waals surface area contributed by atoms with Crippen LogP contribution in [0.1, 0.15) is 12.8 Å². The highest BCUT2D eigenvalue weighted by molar-refractivity contribution is 9.10. The van der Waals surface area contributed by atoms with E-state index in [1.165, 1.54) is 4.68 Å². The number of anilines is 1. The van der Waals surface area contributed by atoms with E-state index in [2.05, 4.69) is 31.3 Å². The van der Waals surface area contributed by atoms with Crippen LogP contribution in [0.4, 0.5) is 5.95 Å². The Bertz CT molecular complexity index is 359. The Morgan fingerprint density at radius 1 is 1.71 bits per heavy atom. The zero-order valence-electron chi connectivity index (χ0n) is 7.40. The van der Waals surface area contributed by atoms with E-state index in [-0.39, 0.29) is 18.4 Å². The predicted octanol–water partition coefficient (Wildman–Crippen LogP) is -0.0986. The summed E-state index contributed by atoms with van der Waals surface area (Å²) < 4.78 is 1.90. The fourth-order valence-electron chi connectivity index (χ4n) is 1.08. The van der Waals surface area contributed by atoms with Crippen LogP contribution in [0.3, 0.4) is 0 Å². The van der Waals surface area contributed by atoms with Crippen LogP contribution in [0.15, 0.2) is 4.73 Å². The molecule has 1 saturated carbocycles. The number of carbonyl (C=O) groups is 1. The second-order valence-corrected chi connectivity index (χ2v) is 3.95. The third kappa shape index (κ3) is 2.22. The Kier molecular flexibility index (Phi) is 2.40. The molecular formula is C7H10BrN5O. The Labute approximate surface area is 89.0 Å². The molecule has 0 aliphatic heterocycles. The summed E-state index contributed by atoms with van der Waals surface area (Å²) in [7, 11) is 0. The topological polar surface area (TPSA) is 85.8 Å². The van der Waals surface area contributed by atoms with Gasteiger partial charge in [0.2, 0.25) is 11.9 Å². The molecule has 1 aromatic heterocycles. The van der Waals surface area contributed by atoms with Crippen LogP contribution < -0.4 is 11.1 Å². The van der Waals surface area contributed by atoms with Gasteiger partial charge in [-0.2, -0.15) is 4.98 Å². The quantitative estimate of drug-likeness (QED) is 0.794. The van der Waals surface area contributed by atoms with Crippen LogP contribution in [0, 0.1) is 0 Å². The average Bonchev–Trinajstić information content (AvgIpc) is 2.81. The summed E-state index contributed by atoms with van der Waals surface area (Å²) >= 11 is 3.16. The number of nitrogens with two attached hydrogens (primary N) is 1. The molecule has 1 amide bonds. The number of hydrogen-bond donors (Lipinski definition) is 2. The maximum atomic E-state index is 11.4. The molecular weight excluding hydrogens is 250 g/mol. The number of rotatable bonds is 3. The minimum Gasteiger partial charge on any atom is -0.366 e. The second kappa shape index (κ2) is 3.56. The number of carbonyl (C=O) groups excluding carboxylic acids is 1. The van der Waals surface area contributed by atoms with Gasteiger partial charge >= 0.3 is 0 Å². The fraction of sp³-hybridized carbons (Fsp3) is 0.571. The van der Waals surface area contributed by atoms with Gasteiger partial charge in [0.15, 0.2) is 4.73 Å². The lowest BCUT2D eigenvalue weighted by Crippen LogP contribution is -2.29. The molecule has 14 heavy (non-hydrogen) atoms. The minimum atomic E-state index is -0.0573. The van der Waals surface area contributed by atoms with Crippen molar-refractivity contribution >= 4 is 27.8 Å². The van der Waals surface area contributed by atoms with E-state index in [0.29, 0.717) is 10.8 Å². The summed E-state index contributed by atoms with van der Waals surface area (Å²) in [4.78, 5) is 15.2. The van der Waals surface area contributed by atoms with E-state index < -0.39 is 0 Å². The Morgan fingerprint density at radius 2 is 2.43 bits per heavy atom. The van der Waals surface area contributed by atoms with Crippen molar-refractivity contribution in [1.82, 2.24) is 20.1 Å². The molecule has 1 fully saturated rings. The molecule has 0 aromatic carbocycles. The zero-order chi connectivity index (χ0) is 10.1. The summed E-state index contributed by atoms with van der Waals surface area (Å²) in [6.07, 6.45) is 2.15. The first-order valence-corrected chi connectivity index (χ1v) is 5.09. The summed E-state index contributed by atoms with van der Waals surface area (Å²) in [5, 5.41) is 6.70. The normalized spacial score (nSPS) is 15.5. The number of hydrogen-bond acceptors (Lipinski definition) is 4. The lowest BCUT2D eigenvalue weighted by molar-refractivity contribution is -0.122. The van der Waals surface area contributed by atoms with E-state index in [1.54, 1.807) is 0 Å². The van der Waals surface area contributed by atoms with E-state index in [1.807, 2.05) is 0 Å². The van der Waals surface area contributed by atoms with Crippen molar-refractivity contribution < 1.29 is 4.79 Å². The Balaban J connectivity index is 1.95. The van der Waals surface area contributed by atoms with Crippen molar-refractivity contribution in [2.24, 2.45) is 0 Å². The van der Waals surface area contributed by atoms with Gasteiger partial charge in [-0.3, -0.25) is 4.79 Å². The summed E-state index contributed by atoms with van der Waals surface area (Å²) in [6, 6.07) is 0.363. The van der Waals surface area contributed by atoms with Gasteiger partial charge in [-0.25, -0.2) is 4.68 Å². The molecule has 1 aliphatic carbocycles. The molecule has 0 spiro atoms. The molecule has 2 rings (SSSR count). The molecule has 1 heterocycles. The highest BCUT2D eigenvalue weighted by Gasteiger charge is 2.23. The molecule has 0 bridgehead atoms. The molecule has 0 unspecified atom stereocenters. The van der Waals surface area contributed by atoms with Crippen LogP contribution in [0.25, 0.3) is 0 Å². The maximum absolute atomic E-state index is 11.4. The number of nitrogens with one attached hydrogen (secondary N) is 1. The van der Waals surface area contributed by atoms with Crippen molar-refractivity contribution in [3.05, 3.63) is 4.73 Å².